The largest absolute Gasteiger partial charge is 0.445 e. The van der Waals surface area contributed by atoms with Crippen LogP contribution in [0.1, 0.15) is 45.3 Å². The molecule has 2 rings (SSSR count). The lowest BCUT2D eigenvalue weighted by Crippen LogP contribution is -2.14. The molecule has 0 radical (unpaired) electrons. The number of aromatic nitrogens is 2. The fraction of sp³-hybridized carbons (Fsp3) is 0.533. The first-order chi connectivity index (χ1) is 10.6. The van der Waals surface area contributed by atoms with Crippen LogP contribution in [0, 0.1) is 5.92 Å². The van der Waals surface area contributed by atoms with Gasteiger partial charge in [-0.1, -0.05) is 38.5 Å². The first-order valence-corrected chi connectivity index (χ1v) is 9.23. The van der Waals surface area contributed by atoms with Gasteiger partial charge in [0.05, 0.1) is 22.4 Å². The fourth-order valence-corrected chi connectivity index (χ4v) is 3.47. The van der Waals surface area contributed by atoms with Crippen LogP contribution in [0.2, 0.25) is 0 Å². The number of nitrogens with one attached hydrogen (secondary N) is 1. The molecule has 0 aliphatic rings. The number of nitrogens with zero attached hydrogens (tertiary/aromatic N) is 2. The molecule has 0 aliphatic carbocycles. The molecule has 5 nitrogen and oxygen atoms in total. The van der Waals surface area contributed by atoms with Crippen molar-refractivity contribution in [1.29, 1.82) is 0 Å². The molecule has 0 fully saturated rings. The average Bonchev–Trinajstić information content (AvgIpc) is 3.13. The number of carbonyl (C=O) groups is 1. The van der Waals surface area contributed by atoms with Gasteiger partial charge < -0.3 is 9.73 Å². The molecule has 0 spiro atoms. The number of carbonyl (C=O) groups excluding carboxylic acids is 1. The summed E-state index contributed by atoms with van der Waals surface area (Å²) in [5, 5.41) is 3.51. The normalized spacial score (nSPS) is 12.3. The van der Waals surface area contributed by atoms with E-state index in [0.29, 0.717) is 23.2 Å². The zero-order valence-electron chi connectivity index (χ0n) is 13.1. The minimum atomic E-state index is 0.0283. The monoisotopic (exact) mass is 339 g/mol. The molecule has 0 saturated heterocycles. The molecule has 1 unspecified atom stereocenters. The Morgan fingerprint density at radius 2 is 2.23 bits per heavy atom. The van der Waals surface area contributed by atoms with Crippen molar-refractivity contribution in [3.8, 4) is 0 Å². The predicted molar refractivity (Wildman–Crippen MR) is 90.3 cm³/mol. The first-order valence-electron chi connectivity index (χ1n) is 7.42. The third kappa shape index (κ3) is 5.14. The van der Waals surface area contributed by atoms with Crippen molar-refractivity contribution in [2.24, 2.45) is 5.92 Å². The second-order valence-electron chi connectivity index (χ2n) is 5.11. The van der Waals surface area contributed by atoms with E-state index in [1.54, 1.807) is 24.2 Å². The van der Waals surface area contributed by atoms with Gasteiger partial charge in [0.15, 0.2) is 5.13 Å². The highest BCUT2D eigenvalue weighted by atomic mass is 32.2. The Labute approximate surface area is 138 Å². The number of thiazole rings is 1. The van der Waals surface area contributed by atoms with Crippen LogP contribution in [0.25, 0.3) is 0 Å². The Hall–Kier alpha value is -1.34. The fourth-order valence-electron chi connectivity index (χ4n) is 1.73. The zero-order valence-corrected chi connectivity index (χ0v) is 14.7. The summed E-state index contributed by atoms with van der Waals surface area (Å²) in [5.74, 6) is 2.71. The van der Waals surface area contributed by atoms with Gasteiger partial charge in [0, 0.05) is 12.8 Å². The van der Waals surface area contributed by atoms with Gasteiger partial charge in [-0.05, 0) is 5.92 Å². The molecular weight excluding hydrogens is 318 g/mol. The molecule has 2 heterocycles. The zero-order chi connectivity index (χ0) is 15.9. The summed E-state index contributed by atoms with van der Waals surface area (Å²) in [6.07, 6.45) is 5.93. The molecule has 2 aromatic heterocycles. The van der Waals surface area contributed by atoms with Gasteiger partial charge in [0.25, 0.3) is 0 Å². The van der Waals surface area contributed by atoms with Crippen molar-refractivity contribution in [3.63, 3.8) is 0 Å². The maximum absolute atomic E-state index is 11.8. The maximum atomic E-state index is 11.8. The van der Waals surface area contributed by atoms with Crippen LogP contribution in [0.5, 0.6) is 0 Å². The quantitative estimate of drug-likeness (QED) is 0.724. The number of hydrogen-bond acceptors (Lipinski definition) is 6. The summed E-state index contributed by atoms with van der Waals surface area (Å²) in [6.45, 7) is 6.20. The topological polar surface area (TPSA) is 68.0 Å². The third-order valence-corrected chi connectivity index (χ3v) is 5.34. The lowest BCUT2D eigenvalue weighted by Gasteiger charge is -2.06. The number of oxazole rings is 1. The van der Waals surface area contributed by atoms with E-state index in [1.807, 2.05) is 6.92 Å². The Morgan fingerprint density at radius 1 is 1.41 bits per heavy atom. The maximum Gasteiger partial charge on any atom is 0.226 e. The smallest absolute Gasteiger partial charge is 0.226 e. The van der Waals surface area contributed by atoms with E-state index >= 15 is 0 Å². The molecule has 7 heteroatoms. The van der Waals surface area contributed by atoms with E-state index in [-0.39, 0.29) is 5.91 Å². The molecule has 0 bridgehead atoms. The molecule has 1 atom stereocenters. The molecule has 0 aliphatic heterocycles. The van der Waals surface area contributed by atoms with Crippen molar-refractivity contribution in [1.82, 2.24) is 9.97 Å². The van der Waals surface area contributed by atoms with Crippen molar-refractivity contribution in [2.75, 3.05) is 5.32 Å². The third-order valence-electron chi connectivity index (χ3n) is 3.25. The van der Waals surface area contributed by atoms with Gasteiger partial charge in [-0.25, -0.2) is 9.97 Å². The van der Waals surface area contributed by atoms with E-state index in [0.717, 1.165) is 28.7 Å². The summed E-state index contributed by atoms with van der Waals surface area (Å²) >= 11 is 3.09. The molecule has 2 aromatic rings. The predicted octanol–water partition coefficient (Wildman–Crippen LogP) is 4.36. The van der Waals surface area contributed by atoms with E-state index in [1.165, 1.54) is 11.3 Å². The van der Waals surface area contributed by atoms with Crippen molar-refractivity contribution >= 4 is 34.1 Å². The van der Waals surface area contributed by atoms with E-state index in [4.69, 9.17) is 4.42 Å². The summed E-state index contributed by atoms with van der Waals surface area (Å²) < 4.78 is 6.60. The van der Waals surface area contributed by atoms with Gasteiger partial charge in [-0.15, -0.1) is 11.8 Å². The first kappa shape index (κ1) is 17.0. The van der Waals surface area contributed by atoms with Gasteiger partial charge in [-0.2, -0.15) is 0 Å². The molecule has 1 amide bonds. The molecule has 22 heavy (non-hydrogen) atoms. The van der Waals surface area contributed by atoms with Crippen LogP contribution in [0.3, 0.4) is 0 Å². The SMILES string of the molecule is CCc1cnc(CSc2cnc(NC(=O)CC(C)CC)s2)o1. The molecule has 1 N–H and O–H groups in total. The Morgan fingerprint density at radius 3 is 2.91 bits per heavy atom. The second-order valence-corrected chi connectivity index (χ2v) is 7.42. The Balaban J connectivity index is 1.82. The summed E-state index contributed by atoms with van der Waals surface area (Å²) in [5.41, 5.74) is 0. The minimum absolute atomic E-state index is 0.0283. The van der Waals surface area contributed by atoms with Crippen LogP contribution >= 0.6 is 23.1 Å². The minimum Gasteiger partial charge on any atom is -0.445 e. The van der Waals surface area contributed by atoms with Crippen LogP contribution in [-0.2, 0) is 17.0 Å². The van der Waals surface area contributed by atoms with Crippen molar-refractivity contribution < 1.29 is 9.21 Å². The Kier molecular flexibility index (Phi) is 6.45. The highest BCUT2D eigenvalue weighted by Crippen LogP contribution is 2.30. The number of anilines is 1. The summed E-state index contributed by atoms with van der Waals surface area (Å²) in [6, 6.07) is 0. The lowest BCUT2D eigenvalue weighted by molar-refractivity contribution is -0.117. The molecule has 0 aromatic carbocycles. The van der Waals surface area contributed by atoms with Crippen LogP contribution < -0.4 is 5.32 Å². The van der Waals surface area contributed by atoms with Crippen LogP contribution in [0.15, 0.2) is 21.0 Å². The van der Waals surface area contributed by atoms with E-state index in [9.17, 15) is 4.79 Å². The van der Waals surface area contributed by atoms with Gasteiger partial charge in [-0.3, -0.25) is 4.79 Å². The van der Waals surface area contributed by atoms with Crippen molar-refractivity contribution in [2.45, 2.75) is 50.0 Å². The van der Waals surface area contributed by atoms with Crippen LogP contribution in [0.4, 0.5) is 5.13 Å². The standard InChI is InChI=1S/C15H21N3O2S2/c1-4-10(3)6-12(19)18-15-17-8-14(22-15)21-9-13-16-7-11(5-2)20-13/h7-8,10H,4-6,9H2,1-3H3,(H,17,18,19). The van der Waals surface area contributed by atoms with Gasteiger partial charge in [0.2, 0.25) is 11.8 Å². The summed E-state index contributed by atoms with van der Waals surface area (Å²) in [7, 11) is 0. The molecular formula is C15H21N3O2S2. The highest BCUT2D eigenvalue weighted by Gasteiger charge is 2.11. The summed E-state index contributed by atoms with van der Waals surface area (Å²) in [4.78, 5) is 20.3. The number of amides is 1. The lowest BCUT2D eigenvalue weighted by atomic mass is 10.1. The number of rotatable bonds is 8. The number of hydrogen-bond donors (Lipinski definition) is 1. The molecule has 0 saturated carbocycles. The van der Waals surface area contributed by atoms with Crippen molar-refractivity contribution in [3.05, 3.63) is 24.0 Å². The Bertz CT molecular complexity index is 609. The second kappa shape index (κ2) is 8.33. The molecule has 120 valence electrons. The average molecular weight is 339 g/mol. The number of aryl methyl sites for hydroxylation is 1. The van der Waals surface area contributed by atoms with E-state index in [2.05, 4.69) is 29.1 Å². The van der Waals surface area contributed by atoms with E-state index < -0.39 is 0 Å². The van der Waals surface area contributed by atoms with Gasteiger partial charge >= 0.3 is 0 Å². The highest BCUT2D eigenvalue weighted by molar-refractivity contribution is 8.00. The van der Waals surface area contributed by atoms with Gasteiger partial charge in [0.1, 0.15) is 5.76 Å². The van der Waals surface area contributed by atoms with Crippen LogP contribution in [-0.4, -0.2) is 15.9 Å². The number of thioether (sulfide) groups is 1.